The van der Waals surface area contributed by atoms with E-state index < -0.39 is 0 Å². The number of rotatable bonds is 20. The SMILES string of the molecule is CCCCC/C=C\C/C=C\CCCCCCCC(=O)OC(CC)CCCCC. The number of carbonyl (C=O) groups excluding carboxylic acids is 1. The second-order valence-electron chi connectivity index (χ2n) is 8.00. The monoisotopic (exact) mass is 392 g/mol. The maximum absolute atomic E-state index is 11.9. The van der Waals surface area contributed by atoms with E-state index in [0.717, 1.165) is 32.1 Å². The molecule has 0 aliphatic rings. The fourth-order valence-electron chi connectivity index (χ4n) is 3.29. The first kappa shape index (κ1) is 27.0. The van der Waals surface area contributed by atoms with Crippen molar-refractivity contribution in [3.05, 3.63) is 24.3 Å². The van der Waals surface area contributed by atoms with E-state index in [1.54, 1.807) is 0 Å². The molecule has 0 radical (unpaired) electrons. The molecule has 28 heavy (non-hydrogen) atoms. The van der Waals surface area contributed by atoms with Crippen LogP contribution in [0.2, 0.25) is 0 Å². The lowest BCUT2D eigenvalue weighted by Gasteiger charge is -2.16. The number of hydrogen-bond acceptors (Lipinski definition) is 2. The predicted octanol–water partition coefficient (Wildman–Crippen LogP) is 8.70. The van der Waals surface area contributed by atoms with E-state index in [4.69, 9.17) is 4.74 Å². The molecule has 0 bridgehead atoms. The number of hydrogen-bond donors (Lipinski definition) is 0. The Labute approximate surface area is 176 Å². The summed E-state index contributed by atoms with van der Waals surface area (Å²) in [6.45, 7) is 6.57. The lowest BCUT2D eigenvalue weighted by atomic mass is 10.1. The van der Waals surface area contributed by atoms with Crippen molar-refractivity contribution in [1.29, 1.82) is 0 Å². The van der Waals surface area contributed by atoms with Gasteiger partial charge in [0.05, 0.1) is 0 Å². The van der Waals surface area contributed by atoms with Crippen molar-refractivity contribution in [2.75, 3.05) is 0 Å². The van der Waals surface area contributed by atoms with E-state index in [2.05, 4.69) is 45.1 Å². The van der Waals surface area contributed by atoms with Gasteiger partial charge in [0, 0.05) is 6.42 Å². The first-order valence-electron chi connectivity index (χ1n) is 12.2. The summed E-state index contributed by atoms with van der Waals surface area (Å²) in [4.78, 5) is 11.9. The molecule has 1 unspecified atom stereocenters. The van der Waals surface area contributed by atoms with Crippen LogP contribution in [0.25, 0.3) is 0 Å². The zero-order valence-corrected chi connectivity index (χ0v) is 19.2. The van der Waals surface area contributed by atoms with Crippen molar-refractivity contribution in [3.8, 4) is 0 Å². The summed E-state index contributed by atoms with van der Waals surface area (Å²) in [5.41, 5.74) is 0. The standard InChI is InChI=1S/C26H48O2/c1-4-7-9-10-11-12-13-14-15-16-17-18-19-20-22-24-26(27)28-25(6-3)23-21-8-5-2/h11-12,14-15,25H,4-10,13,16-24H2,1-3H3/b12-11-,15-14-. The number of ether oxygens (including phenoxy) is 1. The van der Waals surface area contributed by atoms with Crippen molar-refractivity contribution >= 4 is 5.97 Å². The number of unbranched alkanes of at least 4 members (excludes halogenated alkanes) is 10. The molecule has 164 valence electrons. The molecule has 0 fully saturated rings. The molecule has 0 aromatic heterocycles. The first-order valence-corrected chi connectivity index (χ1v) is 12.2. The van der Waals surface area contributed by atoms with Crippen LogP contribution in [-0.4, -0.2) is 12.1 Å². The molecule has 0 spiro atoms. The Morgan fingerprint density at radius 2 is 1.29 bits per heavy atom. The molecule has 2 nitrogen and oxygen atoms in total. The molecule has 2 heteroatoms. The number of carbonyl (C=O) groups is 1. The van der Waals surface area contributed by atoms with Gasteiger partial charge in [-0.2, -0.15) is 0 Å². The third-order valence-electron chi connectivity index (χ3n) is 5.21. The molecule has 0 aliphatic carbocycles. The highest BCUT2D eigenvalue weighted by molar-refractivity contribution is 5.69. The summed E-state index contributed by atoms with van der Waals surface area (Å²) in [6, 6.07) is 0. The van der Waals surface area contributed by atoms with Crippen LogP contribution in [0.1, 0.15) is 130 Å². The maximum Gasteiger partial charge on any atom is 0.306 e. The summed E-state index contributed by atoms with van der Waals surface area (Å²) in [6.07, 6.45) is 28.9. The molecule has 0 rings (SSSR count). The summed E-state index contributed by atoms with van der Waals surface area (Å²) < 4.78 is 5.61. The smallest absolute Gasteiger partial charge is 0.306 e. The van der Waals surface area contributed by atoms with E-state index in [-0.39, 0.29) is 12.1 Å². The predicted molar refractivity (Wildman–Crippen MR) is 124 cm³/mol. The minimum Gasteiger partial charge on any atom is -0.462 e. The second kappa shape index (κ2) is 22.2. The van der Waals surface area contributed by atoms with Crippen LogP contribution in [0.15, 0.2) is 24.3 Å². The van der Waals surface area contributed by atoms with E-state index in [1.807, 2.05) is 0 Å². The Morgan fingerprint density at radius 3 is 1.93 bits per heavy atom. The van der Waals surface area contributed by atoms with Gasteiger partial charge in [-0.3, -0.25) is 4.79 Å². The van der Waals surface area contributed by atoms with Gasteiger partial charge in [-0.25, -0.2) is 0 Å². The van der Waals surface area contributed by atoms with Crippen molar-refractivity contribution in [3.63, 3.8) is 0 Å². The van der Waals surface area contributed by atoms with Gasteiger partial charge in [-0.05, 0) is 57.8 Å². The molecule has 0 saturated carbocycles. The third kappa shape index (κ3) is 19.7. The van der Waals surface area contributed by atoms with Crippen molar-refractivity contribution in [2.24, 2.45) is 0 Å². The van der Waals surface area contributed by atoms with Crippen LogP contribution < -0.4 is 0 Å². The van der Waals surface area contributed by atoms with Crippen LogP contribution in [0.4, 0.5) is 0 Å². The highest BCUT2D eigenvalue weighted by Crippen LogP contribution is 2.13. The van der Waals surface area contributed by atoms with Crippen LogP contribution in [0.5, 0.6) is 0 Å². The summed E-state index contributed by atoms with van der Waals surface area (Å²) >= 11 is 0. The molecular weight excluding hydrogens is 344 g/mol. The van der Waals surface area contributed by atoms with Crippen molar-refractivity contribution in [1.82, 2.24) is 0 Å². The summed E-state index contributed by atoms with van der Waals surface area (Å²) in [5, 5.41) is 0. The van der Waals surface area contributed by atoms with Gasteiger partial charge in [0.2, 0.25) is 0 Å². The quantitative estimate of drug-likeness (QED) is 0.118. The zero-order chi connectivity index (χ0) is 20.7. The molecule has 1 atom stereocenters. The Morgan fingerprint density at radius 1 is 0.714 bits per heavy atom. The van der Waals surface area contributed by atoms with Crippen LogP contribution >= 0.6 is 0 Å². The minimum atomic E-state index is 0.00836. The van der Waals surface area contributed by atoms with Gasteiger partial charge >= 0.3 is 5.97 Å². The van der Waals surface area contributed by atoms with E-state index in [9.17, 15) is 4.79 Å². The summed E-state index contributed by atoms with van der Waals surface area (Å²) in [7, 11) is 0. The fourth-order valence-corrected chi connectivity index (χ4v) is 3.29. The van der Waals surface area contributed by atoms with Gasteiger partial charge in [-0.1, -0.05) is 90.0 Å². The van der Waals surface area contributed by atoms with E-state index in [0.29, 0.717) is 6.42 Å². The normalized spacial score (nSPS) is 12.8. The Kier molecular flexibility index (Phi) is 21.4. The largest absolute Gasteiger partial charge is 0.462 e. The number of allylic oxidation sites excluding steroid dienone is 4. The number of esters is 1. The molecule has 0 aromatic carbocycles. The molecule has 0 N–H and O–H groups in total. The molecule has 0 heterocycles. The molecule has 0 amide bonds. The first-order chi connectivity index (χ1) is 13.7. The van der Waals surface area contributed by atoms with Gasteiger partial charge in [0.1, 0.15) is 6.10 Å². The van der Waals surface area contributed by atoms with Gasteiger partial charge in [0.25, 0.3) is 0 Å². The van der Waals surface area contributed by atoms with Crippen molar-refractivity contribution < 1.29 is 9.53 Å². The van der Waals surface area contributed by atoms with Crippen LogP contribution in [0, 0.1) is 0 Å². The molecule has 0 saturated heterocycles. The Hall–Kier alpha value is -1.05. The van der Waals surface area contributed by atoms with Crippen LogP contribution in [-0.2, 0) is 9.53 Å². The Bertz CT molecular complexity index is 384. The topological polar surface area (TPSA) is 26.3 Å². The maximum atomic E-state index is 11.9. The van der Waals surface area contributed by atoms with E-state index >= 15 is 0 Å². The van der Waals surface area contributed by atoms with Gasteiger partial charge in [0.15, 0.2) is 0 Å². The lowest BCUT2D eigenvalue weighted by Crippen LogP contribution is -2.17. The highest BCUT2D eigenvalue weighted by atomic mass is 16.5. The average molecular weight is 393 g/mol. The highest BCUT2D eigenvalue weighted by Gasteiger charge is 2.11. The van der Waals surface area contributed by atoms with Gasteiger partial charge in [-0.15, -0.1) is 0 Å². The van der Waals surface area contributed by atoms with Gasteiger partial charge < -0.3 is 4.74 Å². The van der Waals surface area contributed by atoms with Crippen LogP contribution in [0.3, 0.4) is 0 Å². The molecule has 0 aromatic rings. The zero-order valence-electron chi connectivity index (χ0n) is 19.2. The van der Waals surface area contributed by atoms with Crippen molar-refractivity contribution in [2.45, 2.75) is 136 Å². The Balaban J connectivity index is 3.46. The lowest BCUT2D eigenvalue weighted by molar-refractivity contribution is -0.149. The van der Waals surface area contributed by atoms with E-state index in [1.165, 1.54) is 70.6 Å². The average Bonchev–Trinajstić information content (AvgIpc) is 2.70. The third-order valence-corrected chi connectivity index (χ3v) is 5.21. The molecule has 0 aliphatic heterocycles. The molecular formula is C26H48O2. The summed E-state index contributed by atoms with van der Waals surface area (Å²) in [5.74, 6) is 0.00836. The minimum absolute atomic E-state index is 0.00836. The fraction of sp³-hybridized carbons (Fsp3) is 0.808. The second-order valence-corrected chi connectivity index (χ2v) is 8.00.